The number of carbonyl (C=O) groups is 1. The Morgan fingerprint density at radius 3 is 2.88 bits per heavy atom. The molecule has 0 bridgehead atoms. The van der Waals surface area contributed by atoms with E-state index in [0.29, 0.717) is 6.42 Å². The average Bonchev–Trinajstić information content (AvgIpc) is 2.67. The molecule has 1 atom stereocenters. The van der Waals surface area contributed by atoms with Crippen LogP contribution in [-0.2, 0) is 11.2 Å². The summed E-state index contributed by atoms with van der Waals surface area (Å²) in [6, 6.07) is -0.362. The molecule has 6 heteroatoms. The van der Waals surface area contributed by atoms with Gasteiger partial charge >= 0.3 is 0 Å². The Bertz CT molecular complexity index is 329. The van der Waals surface area contributed by atoms with Crippen molar-refractivity contribution in [3.8, 4) is 0 Å². The maximum Gasteiger partial charge on any atom is 0.239 e. The van der Waals surface area contributed by atoms with Crippen molar-refractivity contribution in [3.05, 3.63) is 18.2 Å². The molecule has 5 N–H and O–H groups in total. The maximum atomic E-state index is 11.6. The number of aliphatic hydroxyl groups excluding tert-OH is 1. The number of hydrogen-bond acceptors (Lipinski definition) is 4. The molecular formula is C10H18N4O2. The highest BCUT2D eigenvalue weighted by atomic mass is 16.3. The maximum absolute atomic E-state index is 11.6. The second kappa shape index (κ2) is 5.09. The van der Waals surface area contributed by atoms with E-state index in [1.54, 1.807) is 26.4 Å². The predicted molar refractivity (Wildman–Crippen MR) is 59.6 cm³/mol. The monoisotopic (exact) mass is 226 g/mol. The van der Waals surface area contributed by atoms with Gasteiger partial charge in [-0.25, -0.2) is 4.98 Å². The zero-order chi connectivity index (χ0) is 12.2. The lowest BCUT2D eigenvalue weighted by molar-refractivity contribution is -0.126. The standard InChI is InChI=1S/C10H18N4O2/c1-10(2,11)9(16)14-8(5-15)3-7-4-12-6-13-7/h4,6,8,15H,3,5,11H2,1-2H3,(H,12,13)(H,14,16). The summed E-state index contributed by atoms with van der Waals surface area (Å²) >= 11 is 0. The Balaban J connectivity index is 2.53. The smallest absolute Gasteiger partial charge is 0.239 e. The van der Waals surface area contributed by atoms with Gasteiger partial charge in [-0.1, -0.05) is 0 Å². The van der Waals surface area contributed by atoms with Gasteiger partial charge in [-0.15, -0.1) is 0 Å². The lowest BCUT2D eigenvalue weighted by Gasteiger charge is -2.22. The highest BCUT2D eigenvalue weighted by Crippen LogP contribution is 2.01. The minimum Gasteiger partial charge on any atom is -0.394 e. The van der Waals surface area contributed by atoms with Crippen molar-refractivity contribution in [2.75, 3.05) is 6.61 Å². The number of nitrogens with zero attached hydrogens (tertiary/aromatic N) is 1. The molecule has 1 rings (SSSR count). The van der Waals surface area contributed by atoms with E-state index in [9.17, 15) is 4.79 Å². The second-order valence-electron chi connectivity index (χ2n) is 4.34. The van der Waals surface area contributed by atoms with E-state index in [2.05, 4.69) is 15.3 Å². The Morgan fingerprint density at radius 2 is 2.44 bits per heavy atom. The summed E-state index contributed by atoms with van der Waals surface area (Å²) in [5.41, 5.74) is 5.48. The van der Waals surface area contributed by atoms with Crippen molar-refractivity contribution in [1.82, 2.24) is 15.3 Å². The average molecular weight is 226 g/mol. The van der Waals surface area contributed by atoms with Gasteiger partial charge < -0.3 is 21.1 Å². The molecule has 0 aromatic carbocycles. The number of H-pyrrole nitrogens is 1. The molecular weight excluding hydrogens is 208 g/mol. The summed E-state index contributed by atoms with van der Waals surface area (Å²) in [6.07, 6.45) is 3.75. The first-order chi connectivity index (χ1) is 7.43. The number of aliphatic hydroxyl groups is 1. The van der Waals surface area contributed by atoms with E-state index in [4.69, 9.17) is 10.8 Å². The Kier molecular flexibility index (Phi) is 4.03. The van der Waals surface area contributed by atoms with E-state index in [0.717, 1.165) is 5.69 Å². The first kappa shape index (κ1) is 12.7. The molecule has 1 aromatic heterocycles. The molecule has 6 nitrogen and oxygen atoms in total. The molecule has 1 unspecified atom stereocenters. The van der Waals surface area contributed by atoms with E-state index >= 15 is 0 Å². The molecule has 0 saturated heterocycles. The third-order valence-corrected chi connectivity index (χ3v) is 2.15. The van der Waals surface area contributed by atoms with Crippen LogP contribution in [0.15, 0.2) is 12.5 Å². The van der Waals surface area contributed by atoms with Gasteiger partial charge in [0.15, 0.2) is 0 Å². The van der Waals surface area contributed by atoms with E-state index < -0.39 is 5.54 Å². The number of amides is 1. The fourth-order valence-corrected chi connectivity index (χ4v) is 1.19. The fraction of sp³-hybridized carbons (Fsp3) is 0.600. The van der Waals surface area contributed by atoms with Crippen LogP contribution in [0.1, 0.15) is 19.5 Å². The summed E-state index contributed by atoms with van der Waals surface area (Å²) in [5.74, 6) is -0.290. The van der Waals surface area contributed by atoms with Crippen LogP contribution < -0.4 is 11.1 Å². The predicted octanol–water partition coefficient (Wildman–Crippen LogP) is -0.833. The molecule has 1 aromatic rings. The fourth-order valence-electron chi connectivity index (χ4n) is 1.19. The zero-order valence-corrected chi connectivity index (χ0v) is 9.53. The Morgan fingerprint density at radius 1 is 1.75 bits per heavy atom. The Hall–Kier alpha value is -1.40. The van der Waals surface area contributed by atoms with Crippen LogP contribution in [0, 0.1) is 0 Å². The third-order valence-electron chi connectivity index (χ3n) is 2.15. The SMILES string of the molecule is CC(C)(N)C(=O)NC(CO)Cc1c[nH]cn1. The number of nitrogens with two attached hydrogens (primary N) is 1. The van der Waals surface area contributed by atoms with Crippen LogP contribution in [0.2, 0.25) is 0 Å². The zero-order valence-electron chi connectivity index (χ0n) is 9.53. The quantitative estimate of drug-likeness (QED) is 0.526. The number of nitrogens with one attached hydrogen (secondary N) is 2. The van der Waals surface area contributed by atoms with Gasteiger partial charge in [-0.3, -0.25) is 4.79 Å². The lowest BCUT2D eigenvalue weighted by atomic mass is 10.0. The minimum atomic E-state index is -0.945. The molecule has 0 aliphatic heterocycles. The first-order valence-electron chi connectivity index (χ1n) is 5.12. The molecule has 1 amide bonds. The van der Waals surface area contributed by atoms with Crippen LogP contribution in [0.5, 0.6) is 0 Å². The van der Waals surface area contributed by atoms with Gasteiger partial charge in [0.1, 0.15) is 0 Å². The normalized spacial score (nSPS) is 13.5. The largest absolute Gasteiger partial charge is 0.394 e. The molecule has 0 spiro atoms. The number of imidazole rings is 1. The summed E-state index contributed by atoms with van der Waals surface area (Å²) in [5, 5.41) is 11.8. The van der Waals surface area contributed by atoms with Crippen molar-refractivity contribution < 1.29 is 9.90 Å². The third kappa shape index (κ3) is 3.63. The number of carbonyl (C=O) groups excluding carboxylic acids is 1. The highest BCUT2D eigenvalue weighted by molar-refractivity contribution is 5.85. The van der Waals surface area contributed by atoms with Crippen LogP contribution in [-0.4, -0.2) is 39.2 Å². The summed E-state index contributed by atoms with van der Waals surface area (Å²) in [6.45, 7) is 3.09. The molecule has 0 saturated carbocycles. The van der Waals surface area contributed by atoms with Gasteiger partial charge in [0, 0.05) is 12.6 Å². The van der Waals surface area contributed by atoms with Crippen molar-refractivity contribution in [1.29, 1.82) is 0 Å². The number of aromatic amines is 1. The molecule has 0 radical (unpaired) electrons. The first-order valence-corrected chi connectivity index (χ1v) is 5.12. The molecule has 0 aliphatic carbocycles. The molecule has 0 aliphatic rings. The summed E-state index contributed by atoms with van der Waals surface area (Å²) in [7, 11) is 0. The topological polar surface area (TPSA) is 104 Å². The summed E-state index contributed by atoms with van der Waals surface area (Å²) in [4.78, 5) is 18.4. The van der Waals surface area contributed by atoms with Gasteiger partial charge in [0.25, 0.3) is 0 Å². The van der Waals surface area contributed by atoms with E-state index in [-0.39, 0.29) is 18.6 Å². The van der Waals surface area contributed by atoms with Crippen molar-refractivity contribution in [2.45, 2.75) is 31.8 Å². The second-order valence-corrected chi connectivity index (χ2v) is 4.34. The number of aromatic nitrogens is 2. The van der Waals surface area contributed by atoms with Crippen LogP contribution in [0.25, 0.3) is 0 Å². The lowest BCUT2D eigenvalue weighted by Crippen LogP contribution is -2.53. The van der Waals surface area contributed by atoms with Crippen LogP contribution in [0.4, 0.5) is 0 Å². The Labute approximate surface area is 94.3 Å². The number of rotatable bonds is 5. The molecule has 0 fully saturated rings. The molecule has 90 valence electrons. The van der Waals surface area contributed by atoms with Crippen LogP contribution >= 0.6 is 0 Å². The van der Waals surface area contributed by atoms with Gasteiger partial charge in [0.05, 0.1) is 30.2 Å². The van der Waals surface area contributed by atoms with Crippen LogP contribution in [0.3, 0.4) is 0 Å². The van der Waals surface area contributed by atoms with Gasteiger partial charge in [-0.05, 0) is 13.8 Å². The van der Waals surface area contributed by atoms with Crippen molar-refractivity contribution in [2.24, 2.45) is 5.73 Å². The van der Waals surface area contributed by atoms with E-state index in [1.807, 2.05) is 0 Å². The van der Waals surface area contributed by atoms with E-state index in [1.165, 1.54) is 0 Å². The number of hydrogen-bond donors (Lipinski definition) is 4. The highest BCUT2D eigenvalue weighted by Gasteiger charge is 2.24. The minimum absolute atomic E-state index is 0.144. The molecule has 16 heavy (non-hydrogen) atoms. The molecule has 1 heterocycles. The van der Waals surface area contributed by atoms with Crippen molar-refractivity contribution >= 4 is 5.91 Å². The van der Waals surface area contributed by atoms with Gasteiger partial charge in [-0.2, -0.15) is 0 Å². The van der Waals surface area contributed by atoms with Crippen molar-refractivity contribution in [3.63, 3.8) is 0 Å². The summed E-state index contributed by atoms with van der Waals surface area (Å²) < 4.78 is 0. The van der Waals surface area contributed by atoms with Gasteiger partial charge in [0.2, 0.25) is 5.91 Å².